The minimum absolute atomic E-state index is 0.0183. The number of hydrogen-bond donors (Lipinski definition) is 1. The molecule has 34 heavy (non-hydrogen) atoms. The molecule has 5 aromatic rings. The summed E-state index contributed by atoms with van der Waals surface area (Å²) in [6.45, 7) is 1.97. The van der Waals surface area contributed by atoms with Crippen LogP contribution in [0.25, 0.3) is 21.8 Å². The molecular weight excluding hydrogens is 466 g/mol. The lowest BCUT2D eigenvalue weighted by Crippen LogP contribution is -2.17. The number of aryl methyl sites for hydroxylation is 1. The van der Waals surface area contributed by atoms with Gasteiger partial charge in [0.25, 0.3) is 10.0 Å². The van der Waals surface area contributed by atoms with Crippen molar-refractivity contribution in [1.29, 1.82) is 0 Å². The third kappa shape index (κ3) is 4.30. The fraction of sp³-hybridized carbons (Fsp3) is 0.0769. The minimum atomic E-state index is -3.95. The zero-order valence-corrected chi connectivity index (χ0v) is 19.9. The molecule has 6 nitrogen and oxygen atoms in total. The van der Waals surface area contributed by atoms with Gasteiger partial charge in [-0.25, -0.2) is 17.4 Å². The summed E-state index contributed by atoms with van der Waals surface area (Å²) in [6.07, 6.45) is 0. The van der Waals surface area contributed by atoms with Gasteiger partial charge in [0.2, 0.25) is 5.91 Å². The zero-order chi connectivity index (χ0) is 23.7. The van der Waals surface area contributed by atoms with E-state index in [4.69, 9.17) is 0 Å². The van der Waals surface area contributed by atoms with Crippen molar-refractivity contribution in [3.8, 4) is 0 Å². The normalized spacial score (nSPS) is 11.7. The molecule has 0 bridgehead atoms. The van der Waals surface area contributed by atoms with Gasteiger partial charge in [-0.2, -0.15) is 0 Å². The van der Waals surface area contributed by atoms with Crippen molar-refractivity contribution >= 4 is 55.2 Å². The van der Waals surface area contributed by atoms with Crippen LogP contribution in [0.1, 0.15) is 5.56 Å². The number of hydrogen-bond acceptors (Lipinski definition) is 5. The lowest BCUT2D eigenvalue weighted by atomic mass is 10.1. The molecule has 1 N–H and O–H groups in total. The molecule has 8 heteroatoms. The molecule has 4 aromatic carbocycles. The fourth-order valence-electron chi connectivity index (χ4n) is 3.70. The van der Waals surface area contributed by atoms with E-state index < -0.39 is 10.0 Å². The molecule has 0 fully saturated rings. The first-order chi connectivity index (χ1) is 16.4. The summed E-state index contributed by atoms with van der Waals surface area (Å²) in [5.74, 6) is -0.222. The van der Waals surface area contributed by atoms with E-state index in [1.165, 1.54) is 3.97 Å². The van der Waals surface area contributed by atoms with Crippen LogP contribution >= 0.6 is 11.8 Å². The van der Waals surface area contributed by atoms with Crippen LogP contribution in [0, 0.1) is 6.92 Å². The van der Waals surface area contributed by atoms with Gasteiger partial charge >= 0.3 is 0 Å². The summed E-state index contributed by atoms with van der Waals surface area (Å²) >= 11 is 1.09. The molecule has 0 aliphatic heterocycles. The third-order valence-electron chi connectivity index (χ3n) is 5.42. The van der Waals surface area contributed by atoms with E-state index in [2.05, 4.69) is 10.3 Å². The molecule has 5 rings (SSSR count). The molecule has 0 saturated carbocycles. The molecule has 170 valence electrons. The Labute approximate surface area is 201 Å². The van der Waals surface area contributed by atoms with Crippen molar-refractivity contribution in [2.75, 3.05) is 11.1 Å². The minimum Gasteiger partial charge on any atom is -0.325 e. The molecule has 0 spiro atoms. The Morgan fingerprint density at radius 2 is 1.62 bits per heavy atom. The largest absolute Gasteiger partial charge is 0.325 e. The van der Waals surface area contributed by atoms with Crippen LogP contribution in [0.15, 0.2) is 101 Å². The van der Waals surface area contributed by atoms with Gasteiger partial charge in [0.15, 0.2) is 5.16 Å². The number of amides is 1. The first-order valence-corrected chi connectivity index (χ1v) is 13.1. The second-order valence-corrected chi connectivity index (χ2v) is 10.6. The van der Waals surface area contributed by atoms with Crippen molar-refractivity contribution in [3.63, 3.8) is 0 Å². The lowest BCUT2D eigenvalue weighted by Gasteiger charge is -2.11. The van der Waals surface area contributed by atoms with E-state index in [1.54, 1.807) is 42.5 Å². The van der Waals surface area contributed by atoms with Gasteiger partial charge in [0.1, 0.15) is 0 Å². The average Bonchev–Trinajstić information content (AvgIpc) is 3.23. The quantitative estimate of drug-likeness (QED) is 0.322. The van der Waals surface area contributed by atoms with Gasteiger partial charge in [-0.1, -0.05) is 71.9 Å². The summed E-state index contributed by atoms with van der Waals surface area (Å²) < 4.78 is 28.7. The Morgan fingerprint density at radius 3 is 2.41 bits per heavy atom. The molecule has 1 aromatic heterocycles. The molecule has 0 atom stereocenters. The van der Waals surface area contributed by atoms with E-state index in [0.717, 1.165) is 28.1 Å². The highest BCUT2D eigenvalue weighted by atomic mass is 32.2. The van der Waals surface area contributed by atoms with Gasteiger partial charge in [-0.3, -0.25) is 4.79 Å². The van der Waals surface area contributed by atoms with E-state index in [9.17, 15) is 13.2 Å². The highest BCUT2D eigenvalue weighted by molar-refractivity contribution is 8.00. The number of carbonyl (C=O) groups is 1. The van der Waals surface area contributed by atoms with Crippen LogP contribution < -0.4 is 5.32 Å². The highest BCUT2D eigenvalue weighted by Crippen LogP contribution is 2.30. The van der Waals surface area contributed by atoms with Gasteiger partial charge in [-0.15, -0.1) is 0 Å². The first kappa shape index (κ1) is 22.2. The van der Waals surface area contributed by atoms with E-state index in [-0.39, 0.29) is 21.7 Å². The van der Waals surface area contributed by atoms with Gasteiger partial charge in [-0.05, 0) is 54.1 Å². The predicted molar refractivity (Wildman–Crippen MR) is 137 cm³/mol. The monoisotopic (exact) mass is 487 g/mol. The van der Waals surface area contributed by atoms with Gasteiger partial charge in [0, 0.05) is 5.69 Å². The van der Waals surface area contributed by atoms with Crippen molar-refractivity contribution in [3.05, 3.63) is 96.6 Å². The summed E-state index contributed by atoms with van der Waals surface area (Å²) in [5, 5.41) is 4.87. The van der Waals surface area contributed by atoms with Gasteiger partial charge < -0.3 is 5.32 Å². The molecule has 0 aliphatic rings. The first-order valence-electron chi connectivity index (χ1n) is 10.6. The van der Waals surface area contributed by atoms with Crippen molar-refractivity contribution in [2.24, 2.45) is 0 Å². The van der Waals surface area contributed by atoms with Crippen LogP contribution in [0.3, 0.4) is 0 Å². The zero-order valence-electron chi connectivity index (χ0n) is 18.3. The van der Waals surface area contributed by atoms with Crippen LogP contribution in [0.5, 0.6) is 0 Å². The average molecular weight is 488 g/mol. The van der Waals surface area contributed by atoms with E-state index in [1.807, 2.05) is 55.5 Å². The number of rotatable bonds is 6. The molecule has 0 unspecified atom stereocenters. The molecule has 0 radical (unpaired) electrons. The smallest absolute Gasteiger partial charge is 0.270 e. The Bertz CT molecular complexity index is 1620. The Balaban J connectivity index is 1.49. The Hall–Kier alpha value is -3.62. The van der Waals surface area contributed by atoms with Gasteiger partial charge in [0.05, 0.1) is 21.7 Å². The molecule has 1 amide bonds. The van der Waals surface area contributed by atoms with E-state index >= 15 is 0 Å². The van der Waals surface area contributed by atoms with E-state index in [0.29, 0.717) is 16.7 Å². The van der Waals surface area contributed by atoms with Crippen LogP contribution in [-0.2, 0) is 14.8 Å². The molecule has 0 aliphatic carbocycles. The number of anilines is 1. The maximum absolute atomic E-state index is 13.8. The number of carbonyl (C=O) groups excluding carboxylic acids is 1. The summed E-state index contributed by atoms with van der Waals surface area (Å²) in [5.41, 5.74) is 2.80. The SMILES string of the molecule is Cc1ccc(NC(=O)CSc2nc3ccccc3n2S(=O)(=O)c2ccc3ccccc3c2)cc1. The topological polar surface area (TPSA) is 81.1 Å². The fourth-order valence-corrected chi connectivity index (χ4v) is 6.25. The number of nitrogens with one attached hydrogen (secondary N) is 1. The number of imidazole rings is 1. The highest BCUT2D eigenvalue weighted by Gasteiger charge is 2.25. The van der Waals surface area contributed by atoms with Crippen molar-refractivity contribution in [1.82, 2.24) is 8.96 Å². The number of thioether (sulfide) groups is 1. The molecule has 0 saturated heterocycles. The number of nitrogens with zero attached hydrogens (tertiary/aromatic N) is 2. The summed E-state index contributed by atoms with van der Waals surface area (Å²) in [7, 11) is -3.95. The number of benzene rings is 4. The number of aromatic nitrogens is 2. The van der Waals surface area contributed by atoms with Crippen LogP contribution in [0.2, 0.25) is 0 Å². The maximum Gasteiger partial charge on any atom is 0.270 e. The second kappa shape index (κ2) is 8.96. The number of fused-ring (bicyclic) bond motifs is 2. The predicted octanol–water partition coefficient (Wildman–Crippen LogP) is 5.47. The van der Waals surface area contributed by atoms with Crippen molar-refractivity contribution in [2.45, 2.75) is 17.0 Å². The van der Waals surface area contributed by atoms with Crippen molar-refractivity contribution < 1.29 is 13.2 Å². The summed E-state index contributed by atoms with van der Waals surface area (Å²) in [4.78, 5) is 17.2. The standard InChI is InChI=1S/C26H21N3O3S2/c1-18-10-13-21(14-11-18)27-25(30)17-33-26-28-23-8-4-5-9-24(23)29(26)34(31,32)22-15-12-19-6-2-3-7-20(19)16-22/h2-16H,17H2,1H3,(H,27,30). The van der Waals surface area contributed by atoms with Crippen LogP contribution in [0.4, 0.5) is 5.69 Å². The maximum atomic E-state index is 13.8. The lowest BCUT2D eigenvalue weighted by molar-refractivity contribution is -0.113. The molecular formula is C26H21N3O3S2. The third-order valence-corrected chi connectivity index (χ3v) is 8.17. The Morgan fingerprint density at radius 1 is 0.912 bits per heavy atom. The molecule has 1 heterocycles. The van der Waals surface area contributed by atoms with Crippen LogP contribution in [-0.4, -0.2) is 29.0 Å². The summed E-state index contributed by atoms with van der Waals surface area (Å²) in [6, 6.07) is 27.2. The Kier molecular flexibility index (Phi) is 5.85. The second-order valence-electron chi connectivity index (χ2n) is 7.86. The number of para-hydroxylation sites is 2.